The summed E-state index contributed by atoms with van der Waals surface area (Å²) in [4.78, 5) is 43.8. The van der Waals surface area contributed by atoms with Crippen molar-refractivity contribution in [2.24, 2.45) is 56.2 Å². The molecule has 0 spiro atoms. The molecule has 0 aliphatic heterocycles. The van der Waals surface area contributed by atoms with Gasteiger partial charge in [-0.15, -0.1) is 0 Å². The van der Waals surface area contributed by atoms with E-state index >= 15 is 0 Å². The molecule has 4 fully saturated rings. The molecule has 0 saturated heterocycles. The molecule has 0 bridgehead atoms. The quantitative estimate of drug-likeness (QED) is 0.190. The van der Waals surface area contributed by atoms with Crippen molar-refractivity contribution >= 4 is 29.3 Å². The highest BCUT2D eigenvalue weighted by molar-refractivity contribution is 6.30. The minimum absolute atomic E-state index is 0.0308. The molecule has 57 heavy (non-hydrogen) atoms. The Bertz CT molecular complexity index is 1740. The van der Waals surface area contributed by atoms with Gasteiger partial charge in [-0.3, -0.25) is 19.3 Å². The minimum Gasteiger partial charge on any atom is -0.481 e. The SMILES string of the molecule is CC(C)C1=C2[C@H]3CC[C@@H]4[C@@]5(C)CC[C@H](OC(=O)CC(C)(C)C(=O)O)C(C)(C)[C@@H]5CC[C@@]4(C)[C@]3(C)CC[C@]2([C@@H](O)CN(CCN(C)C)Cc2ccc(Cl)cc2)CC1=O. The summed E-state index contributed by atoms with van der Waals surface area (Å²) < 4.78 is 6.20. The van der Waals surface area contributed by atoms with E-state index in [1.807, 2.05) is 12.1 Å². The Balaban J connectivity index is 1.29. The van der Waals surface area contributed by atoms with Crippen molar-refractivity contribution in [3.05, 3.63) is 46.0 Å². The summed E-state index contributed by atoms with van der Waals surface area (Å²) in [6, 6.07) is 8.00. The molecule has 318 valence electrons. The number of carboxylic acids is 1. The first-order valence-corrected chi connectivity index (χ1v) is 22.3. The summed E-state index contributed by atoms with van der Waals surface area (Å²) in [6.07, 6.45) is 7.13. The molecule has 6 rings (SSSR count). The predicted molar refractivity (Wildman–Crippen MR) is 227 cm³/mol. The number of nitrogens with zero attached hydrogens (tertiary/aromatic N) is 2. The zero-order valence-electron chi connectivity index (χ0n) is 37.0. The summed E-state index contributed by atoms with van der Waals surface area (Å²) in [6.45, 7) is 22.6. The Morgan fingerprint density at radius 1 is 0.912 bits per heavy atom. The summed E-state index contributed by atoms with van der Waals surface area (Å²) in [5.41, 5.74) is 1.54. The number of benzene rings is 1. The van der Waals surface area contributed by atoms with Crippen molar-refractivity contribution < 1.29 is 29.3 Å². The van der Waals surface area contributed by atoms with E-state index in [-0.39, 0.29) is 51.8 Å². The number of halogens is 1. The summed E-state index contributed by atoms with van der Waals surface area (Å²) >= 11 is 6.24. The molecule has 1 aromatic rings. The number of allylic oxidation sites excluding steroid dienone is 1. The van der Waals surface area contributed by atoms with Crippen LogP contribution >= 0.6 is 11.6 Å². The normalized spacial score (nSPS) is 35.5. The summed E-state index contributed by atoms with van der Waals surface area (Å²) in [5.74, 6) is 0.00261. The Morgan fingerprint density at radius 2 is 1.58 bits per heavy atom. The molecule has 8 nitrogen and oxygen atoms in total. The standard InChI is InChI=1S/C48H73ClN2O6/c1-30(2)40-34(52)26-48(37(53)29-51(25-24-50(10)11)28-31-12-14-32(49)15-13-31)23-22-46(8)33(41(40)48)16-17-36-45(7)20-19-38(57-39(54)27-43(3,4)42(55)56)44(5,6)35(45)18-21-47(36,46)9/h12-15,30,33,35-38,53H,16-29H2,1-11H3,(H,55,56)/t33-,35+,36-,37+,38+,45+,46-,47-,48-/m1/s1. The fourth-order valence-corrected chi connectivity index (χ4v) is 13.9. The van der Waals surface area contributed by atoms with Crippen LogP contribution in [0.25, 0.3) is 0 Å². The van der Waals surface area contributed by atoms with Crippen molar-refractivity contribution in [2.45, 2.75) is 145 Å². The molecule has 9 heteroatoms. The van der Waals surface area contributed by atoms with Crippen LogP contribution in [0, 0.1) is 56.2 Å². The fraction of sp³-hybridized carbons (Fsp3) is 0.771. The van der Waals surface area contributed by atoms with Crippen molar-refractivity contribution in [1.29, 1.82) is 0 Å². The van der Waals surface area contributed by atoms with Crippen LogP contribution in [0.1, 0.15) is 132 Å². The summed E-state index contributed by atoms with van der Waals surface area (Å²) in [7, 11) is 4.17. The second kappa shape index (κ2) is 15.6. The number of carboxylic acid groups (broad SMARTS) is 1. The van der Waals surface area contributed by atoms with Crippen molar-refractivity contribution in [2.75, 3.05) is 33.7 Å². The zero-order valence-corrected chi connectivity index (χ0v) is 37.7. The maximum absolute atomic E-state index is 14.3. The highest BCUT2D eigenvalue weighted by atomic mass is 35.5. The van der Waals surface area contributed by atoms with Crippen LogP contribution in [0.5, 0.6) is 0 Å². The van der Waals surface area contributed by atoms with Gasteiger partial charge in [0.25, 0.3) is 0 Å². The first kappa shape index (κ1) is 44.3. The maximum Gasteiger partial charge on any atom is 0.309 e. The third-order valence-electron chi connectivity index (χ3n) is 17.1. The number of ketones is 1. The number of carbonyl (C=O) groups is 3. The van der Waals surface area contributed by atoms with E-state index in [0.717, 1.165) is 75.6 Å². The van der Waals surface area contributed by atoms with Crippen LogP contribution in [0.2, 0.25) is 5.02 Å². The molecule has 0 amide bonds. The summed E-state index contributed by atoms with van der Waals surface area (Å²) in [5, 5.41) is 23.0. The molecular weight excluding hydrogens is 736 g/mol. The first-order valence-electron chi connectivity index (χ1n) is 21.9. The Kier molecular flexibility index (Phi) is 12.2. The number of likely N-dealkylation sites (N-methyl/N-ethyl adjacent to an activating group) is 1. The number of Topliss-reactive ketones (excluding diaryl/α,β-unsaturated/α-hetero) is 1. The van der Waals surface area contributed by atoms with Gasteiger partial charge >= 0.3 is 11.9 Å². The van der Waals surface area contributed by atoms with Crippen LogP contribution in [0.3, 0.4) is 0 Å². The molecule has 5 aliphatic rings. The second-order valence-corrected chi connectivity index (χ2v) is 22.2. The average Bonchev–Trinajstić information content (AvgIpc) is 3.42. The van der Waals surface area contributed by atoms with E-state index < -0.39 is 28.9 Å². The van der Waals surface area contributed by atoms with E-state index in [0.29, 0.717) is 36.4 Å². The Labute approximate surface area is 348 Å². The predicted octanol–water partition coefficient (Wildman–Crippen LogP) is 9.46. The van der Waals surface area contributed by atoms with Gasteiger partial charge in [-0.25, -0.2) is 0 Å². The van der Waals surface area contributed by atoms with Gasteiger partial charge in [-0.05, 0) is 142 Å². The van der Waals surface area contributed by atoms with Crippen molar-refractivity contribution in [3.8, 4) is 0 Å². The van der Waals surface area contributed by atoms with Gasteiger partial charge < -0.3 is 19.8 Å². The van der Waals surface area contributed by atoms with Crippen LogP contribution in [0.15, 0.2) is 35.4 Å². The van der Waals surface area contributed by atoms with Gasteiger partial charge in [-0.2, -0.15) is 0 Å². The number of hydrogen-bond acceptors (Lipinski definition) is 7. The van der Waals surface area contributed by atoms with Crippen LogP contribution in [-0.2, 0) is 25.7 Å². The van der Waals surface area contributed by atoms with Gasteiger partial charge in [0.05, 0.1) is 17.9 Å². The number of rotatable bonds is 13. The number of aliphatic hydroxyl groups is 1. The number of fused-ring (bicyclic) bond motifs is 7. The first-order chi connectivity index (χ1) is 26.4. The largest absolute Gasteiger partial charge is 0.481 e. The van der Waals surface area contributed by atoms with E-state index in [4.69, 9.17) is 16.3 Å². The minimum atomic E-state index is -1.17. The molecule has 9 atom stereocenters. The Hall–Kier alpha value is -2.26. The van der Waals surface area contributed by atoms with Crippen molar-refractivity contribution in [1.82, 2.24) is 9.80 Å². The van der Waals surface area contributed by atoms with Gasteiger partial charge in [0.2, 0.25) is 0 Å². The third-order valence-corrected chi connectivity index (χ3v) is 17.4. The van der Waals surface area contributed by atoms with E-state index in [9.17, 15) is 24.6 Å². The molecule has 5 aliphatic carbocycles. The lowest BCUT2D eigenvalue weighted by Gasteiger charge is -2.72. The number of aliphatic hydroxyl groups excluding tert-OH is 1. The second-order valence-electron chi connectivity index (χ2n) is 21.7. The van der Waals surface area contributed by atoms with E-state index in [2.05, 4.69) is 84.5 Å². The van der Waals surface area contributed by atoms with Crippen LogP contribution < -0.4 is 0 Å². The van der Waals surface area contributed by atoms with E-state index in [1.165, 1.54) is 5.57 Å². The number of ether oxygens (including phenoxy) is 1. The number of carbonyl (C=O) groups excluding carboxylic acids is 2. The lowest BCUT2D eigenvalue weighted by molar-refractivity contribution is -0.235. The molecule has 4 saturated carbocycles. The average molecular weight is 810 g/mol. The molecule has 0 unspecified atom stereocenters. The molecule has 2 N–H and O–H groups in total. The maximum atomic E-state index is 14.3. The lowest BCUT2D eigenvalue weighted by atomic mass is 9.33. The van der Waals surface area contributed by atoms with E-state index in [1.54, 1.807) is 13.8 Å². The number of esters is 1. The van der Waals surface area contributed by atoms with Gasteiger partial charge in [-0.1, -0.05) is 77.8 Å². The van der Waals surface area contributed by atoms with Gasteiger partial charge in [0, 0.05) is 48.5 Å². The third kappa shape index (κ3) is 7.58. The smallest absolute Gasteiger partial charge is 0.309 e. The molecule has 0 heterocycles. The number of hydrogen-bond donors (Lipinski definition) is 2. The van der Waals surface area contributed by atoms with Gasteiger partial charge in [0.15, 0.2) is 5.78 Å². The molecule has 1 aromatic carbocycles. The zero-order chi connectivity index (χ0) is 42.1. The molecule has 0 radical (unpaired) electrons. The lowest BCUT2D eigenvalue weighted by Crippen LogP contribution is -2.66. The fourth-order valence-electron chi connectivity index (χ4n) is 13.8. The molecule has 0 aromatic heterocycles. The topological polar surface area (TPSA) is 107 Å². The van der Waals surface area contributed by atoms with Crippen molar-refractivity contribution in [3.63, 3.8) is 0 Å². The van der Waals surface area contributed by atoms with Crippen LogP contribution in [-0.4, -0.2) is 83.7 Å². The Morgan fingerprint density at radius 3 is 2.19 bits per heavy atom. The molecular formula is C48H73ClN2O6. The number of aliphatic carboxylic acids is 1. The highest BCUT2D eigenvalue weighted by Gasteiger charge is 2.71. The van der Waals surface area contributed by atoms with Crippen LogP contribution in [0.4, 0.5) is 0 Å². The highest BCUT2D eigenvalue weighted by Crippen LogP contribution is 2.77. The monoisotopic (exact) mass is 809 g/mol. The van der Waals surface area contributed by atoms with Gasteiger partial charge in [0.1, 0.15) is 6.10 Å².